The van der Waals surface area contributed by atoms with Crippen molar-refractivity contribution in [2.24, 2.45) is 0 Å². The molecule has 1 unspecified atom stereocenters. The lowest BCUT2D eigenvalue weighted by molar-refractivity contribution is -0.138. The number of aromatic nitrogens is 4. The van der Waals surface area contributed by atoms with Gasteiger partial charge in [-0.2, -0.15) is 0 Å². The van der Waals surface area contributed by atoms with Crippen LogP contribution in [0.2, 0.25) is 0 Å². The Hall–Kier alpha value is -3.00. The molecular formula is C19H17BrN6O5S. The number of hydrogen-bond acceptors (Lipinski definition) is 9. The fourth-order valence-corrected chi connectivity index (χ4v) is 3.90. The summed E-state index contributed by atoms with van der Waals surface area (Å²) in [5.74, 6) is -1.89. The minimum absolute atomic E-state index is 0.247. The Morgan fingerprint density at radius 1 is 1.31 bits per heavy atom. The van der Waals surface area contributed by atoms with Crippen molar-refractivity contribution in [2.45, 2.75) is 30.8 Å². The summed E-state index contributed by atoms with van der Waals surface area (Å²) in [6, 6.07) is 5.89. The van der Waals surface area contributed by atoms with E-state index in [4.69, 9.17) is 9.84 Å². The number of halogens is 1. The zero-order valence-corrected chi connectivity index (χ0v) is 18.7. The number of nitrogens with zero attached hydrogens (tertiary/aromatic N) is 4. The number of amides is 1. The minimum atomic E-state index is -1.23. The summed E-state index contributed by atoms with van der Waals surface area (Å²) in [5.41, 5.74) is 3.61. The number of rotatable bonds is 10. The van der Waals surface area contributed by atoms with E-state index in [-0.39, 0.29) is 6.54 Å². The van der Waals surface area contributed by atoms with E-state index in [9.17, 15) is 14.4 Å². The van der Waals surface area contributed by atoms with Crippen LogP contribution in [0.1, 0.15) is 17.4 Å². The molecule has 0 aliphatic carbocycles. The fourth-order valence-electron chi connectivity index (χ4n) is 3.05. The quantitative estimate of drug-likeness (QED) is 0.261. The average molecular weight is 521 g/mol. The summed E-state index contributed by atoms with van der Waals surface area (Å²) < 4.78 is 7.42. The van der Waals surface area contributed by atoms with E-state index in [2.05, 4.69) is 41.9 Å². The molecule has 3 N–H and O–H groups in total. The lowest BCUT2D eigenvalue weighted by Crippen LogP contribution is -2.47. The number of carboxylic acids is 1. The zero-order chi connectivity index (χ0) is 22.7. The van der Waals surface area contributed by atoms with E-state index >= 15 is 0 Å². The standard InChI is InChI=1S/C19H17BrN6O5S/c20-10-1-3-12(4-2-10)26-6-11(24-25-26)5-21-15(14-8-32-9-22-14)13(7-27)23-18(28)16-17(31-16)19(29)30/h1-4,6-9,13,15-17,21H,5H2,(H,23,28)(H,29,30)/t13?,15-,16-,17-/m0/s1. The molecule has 1 saturated heterocycles. The van der Waals surface area contributed by atoms with Crippen molar-refractivity contribution in [2.75, 3.05) is 0 Å². The maximum absolute atomic E-state index is 12.3. The molecule has 32 heavy (non-hydrogen) atoms. The van der Waals surface area contributed by atoms with E-state index in [0.29, 0.717) is 17.7 Å². The fraction of sp³-hybridized carbons (Fsp3) is 0.263. The number of benzene rings is 1. The molecule has 1 aliphatic rings. The predicted octanol–water partition coefficient (Wildman–Crippen LogP) is 0.853. The molecule has 1 aromatic carbocycles. The van der Waals surface area contributed by atoms with Crippen molar-refractivity contribution in [1.29, 1.82) is 0 Å². The number of carboxylic acid groups (broad SMARTS) is 1. The Morgan fingerprint density at radius 2 is 2.09 bits per heavy atom. The van der Waals surface area contributed by atoms with E-state index in [1.54, 1.807) is 21.8 Å². The molecule has 3 aromatic rings. The highest BCUT2D eigenvalue weighted by Crippen LogP contribution is 2.24. The third-order valence-corrected chi connectivity index (χ3v) is 5.85. The number of carbonyl (C=O) groups excluding carboxylic acids is 2. The Bertz CT molecular complexity index is 1110. The highest BCUT2D eigenvalue weighted by molar-refractivity contribution is 9.10. The third-order valence-electron chi connectivity index (χ3n) is 4.71. The maximum Gasteiger partial charge on any atom is 0.336 e. The molecule has 2 aromatic heterocycles. The van der Waals surface area contributed by atoms with Crippen LogP contribution in [0.25, 0.3) is 5.69 Å². The highest BCUT2D eigenvalue weighted by atomic mass is 79.9. The van der Waals surface area contributed by atoms with Crippen molar-refractivity contribution in [3.63, 3.8) is 0 Å². The summed E-state index contributed by atoms with van der Waals surface area (Å²) in [4.78, 5) is 39.2. The van der Waals surface area contributed by atoms with Crippen LogP contribution in [0, 0.1) is 0 Å². The molecule has 1 fully saturated rings. The molecule has 1 amide bonds. The number of hydrogen-bond donors (Lipinski definition) is 3. The molecule has 0 radical (unpaired) electrons. The first-order valence-corrected chi connectivity index (χ1v) is 11.1. The van der Waals surface area contributed by atoms with Gasteiger partial charge in [-0.05, 0) is 24.3 Å². The number of ether oxygens (including phenoxy) is 1. The molecule has 11 nitrogen and oxygen atoms in total. The highest BCUT2D eigenvalue weighted by Gasteiger charge is 2.51. The first kappa shape index (κ1) is 22.2. The van der Waals surface area contributed by atoms with Gasteiger partial charge in [0.05, 0.1) is 34.8 Å². The van der Waals surface area contributed by atoms with Crippen molar-refractivity contribution in [1.82, 2.24) is 30.6 Å². The number of nitrogens with one attached hydrogen (secondary N) is 2. The lowest BCUT2D eigenvalue weighted by Gasteiger charge is -2.23. The van der Waals surface area contributed by atoms with Gasteiger partial charge in [0, 0.05) is 16.4 Å². The monoisotopic (exact) mass is 520 g/mol. The molecular weight excluding hydrogens is 504 g/mol. The molecule has 0 saturated carbocycles. The smallest absolute Gasteiger partial charge is 0.336 e. The molecule has 13 heteroatoms. The third kappa shape index (κ3) is 5.07. The van der Waals surface area contributed by atoms with Crippen LogP contribution >= 0.6 is 27.3 Å². The molecule has 3 heterocycles. The minimum Gasteiger partial charge on any atom is -0.479 e. The van der Waals surface area contributed by atoms with Crippen LogP contribution in [0.3, 0.4) is 0 Å². The van der Waals surface area contributed by atoms with Gasteiger partial charge in [0.15, 0.2) is 12.2 Å². The number of thiazole rings is 1. The van der Waals surface area contributed by atoms with Gasteiger partial charge in [-0.25, -0.2) is 14.5 Å². The van der Waals surface area contributed by atoms with Gasteiger partial charge in [0.25, 0.3) is 5.91 Å². The Labute approximate surface area is 193 Å². The number of epoxide rings is 1. The topological polar surface area (TPSA) is 152 Å². The number of aliphatic carboxylic acids is 1. The van der Waals surface area contributed by atoms with Crippen LogP contribution in [0.15, 0.2) is 45.8 Å². The second kappa shape index (κ2) is 9.65. The molecule has 0 spiro atoms. The second-order valence-corrected chi connectivity index (χ2v) is 8.52. The molecule has 1 aliphatic heterocycles. The summed E-state index contributed by atoms with van der Waals surface area (Å²) in [5, 5.41) is 24.6. The molecule has 0 bridgehead atoms. The SMILES string of the molecule is O=CC(NC(=O)[C@H]1O[C@@H]1C(=O)O)[C@H](NCc1cn(-c2ccc(Br)cc2)nn1)c1cscn1. The van der Waals surface area contributed by atoms with Crippen LogP contribution in [0.5, 0.6) is 0 Å². The summed E-state index contributed by atoms with van der Waals surface area (Å²) in [6.45, 7) is 0.247. The normalized spacial score (nSPS) is 19.2. The van der Waals surface area contributed by atoms with Gasteiger partial charge < -0.3 is 25.3 Å². The Kier molecular flexibility index (Phi) is 6.69. The first-order valence-electron chi connectivity index (χ1n) is 9.39. The zero-order valence-electron chi connectivity index (χ0n) is 16.3. The largest absolute Gasteiger partial charge is 0.479 e. The Morgan fingerprint density at radius 3 is 2.72 bits per heavy atom. The maximum atomic E-state index is 12.3. The summed E-state index contributed by atoms with van der Waals surface area (Å²) in [6.07, 6.45) is 0.0165. The molecule has 4 rings (SSSR count). The first-order chi connectivity index (χ1) is 15.5. The summed E-state index contributed by atoms with van der Waals surface area (Å²) in [7, 11) is 0. The lowest BCUT2D eigenvalue weighted by atomic mass is 10.1. The van der Waals surface area contributed by atoms with Gasteiger partial charge >= 0.3 is 5.97 Å². The number of carbonyl (C=O) groups is 3. The van der Waals surface area contributed by atoms with E-state index in [0.717, 1.165) is 10.2 Å². The Balaban J connectivity index is 1.44. The van der Waals surface area contributed by atoms with Crippen molar-refractivity contribution < 1.29 is 24.2 Å². The van der Waals surface area contributed by atoms with Crippen molar-refractivity contribution >= 4 is 45.4 Å². The van der Waals surface area contributed by atoms with Crippen LogP contribution in [0.4, 0.5) is 0 Å². The van der Waals surface area contributed by atoms with E-state index in [1.165, 1.54) is 11.3 Å². The number of aldehydes is 1. The molecule has 4 atom stereocenters. The second-order valence-electron chi connectivity index (χ2n) is 6.89. The van der Waals surface area contributed by atoms with Gasteiger partial charge in [0.1, 0.15) is 12.3 Å². The van der Waals surface area contributed by atoms with Crippen molar-refractivity contribution in [3.05, 3.63) is 57.2 Å². The van der Waals surface area contributed by atoms with Gasteiger partial charge in [0.2, 0.25) is 0 Å². The average Bonchev–Trinajstić information content (AvgIpc) is 3.17. The van der Waals surface area contributed by atoms with E-state index in [1.807, 2.05) is 24.3 Å². The van der Waals surface area contributed by atoms with Gasteiger partial charge in [-0.1, -0.05) is 21.1 Å². The predicted molar refractivity (Wildman–Crippen MR) is 115 cm³/mol. The van der Waals surface area contributed by atoms with Crippen molar-refractivity contribution in [3.8, 4) is 5.69 Å². The van der Waals surface area contributed by atoms with Gasteiger partial charge in [-0.3, -0.25) is 4.79 Å². The van der Waals surface area contributed by atoms with Gasteiger partial charge in [-0.15, -0.1) is 16.4 Å². The van der Waals surface area contributed by atoms with Crippen LogP contribution < -0.4 is 10.6 Å². The van der Waals surface area contributed by atoms with Crippen LogP contribution in [-0.4, -0.2) is 61.5 Å². The summed E-state index contributed by atoms with van der Waals surface area (Å²) >= 11 is 4.73. The van der Waals surface area contributed by atoms with E-state index < -0.39 is 36.2 Å². The molecule has 166 valence electrons. The van der Waals surface area contributed by atoms with Crippen LogP contribution in [-0.2, 0) is 25.7 Å².